The van der Waals surface area contributed by atoms with E-state index in [4.69, 9.17) is 25.9 Å². The molecule has 3 aromatic rings. The second-order valence-electron chi connectivity index (χ2n) is 14.9. The van der Waals surface area contributed by atoms with Crippen molar-refractivity contribution in [1.29, 1.82) is 5.26 Å². The van der Waals surface area contributed by atoms with Gasteiger partial charge >= 0.3 is 6.01 Å². The number of carbonyl (C=O) groups excluding carboxylic acids is 1. The van der Waals surface area contributed by atoms with Gasteiger partial charge in [-0.25, -0.2) is 8.78 Å². The molecule has 3 fully saturated rings. The SMILES string of the molecule is C#Cc1c(F)ccc2c1[C@@H](N1CCc3c(nc(OC[C@]4(C)C[C@@H](F)CN4Cc4ccccn4)nc3N3C[C@H]4CC(C#N)[C@@H](C3)N4C(=O)C=C)C1)CCO2. The smallest absolute Gasteiger partial charge is 0.318 e. The van der Waals surface area contributed by atoms with Gasteiger partial charge in [0.2, 0.25) is 5.91 Å². The Labute approximate surface area is 308 Å². The van der Waals surface area contributed by atoms with E-state index in [9.17, 15) is 14.4 Å². The van der Waals surface area contributed by atoms with Crippen molar-refractivity contribution in [2.45, 2.75) is 75.5 Å². The fourth-order valence-corrected chi connectivity index (χ4v) is 9.13. The van der Waals surface area contributed by atoms with Crippen LogP contribution in [0.1, 0.15) is 60.3 Å². The number of halogens is 2. The molecule has 11 nitrogen and oxygen atoms in total. The van der Waals surface area contributed by atoms with E-state index in [1.54, 1.807) is 17.2 Å². The molecule has 2 bridgehead atoms. The normalized spacial score (nSPS) is 28.0. The van der Waals surface area contributed by atoms with E-state index in [0.29, 0.717) is 76.3 Å². The first-order chi connectivity index (χ1) is 25.7. The zero-order valence-electron chi connectivity index (χ0n) is 29.8. The summed E-state index contributed by atoms with van der Waals surface area (Å²) in [4.78, 5) is 35.7. The van der Waals surface area contributed by atoms with E-state index in [2.05, 4.69) is 38.3 Å². The molecule has 5 aliphatic rings. The van der Waals surface area contributed by atoms with Crippen molar-refractivity contribution < 1.29 is 23.0 Å². The summed E-state index contributed by atoms with van der Waals surface area (Å²) >= 11 is 0. The molecule has 5 aliphatic heterocycles. The number of fused-ring (bicyclic) bond motifs is 4. The summed E-state index contributed by atoms with van der Waals surface area (Å²) in [6.45, 7) is 9.08. The summed E-state index contributed by atoms with van der Waals surface area (Å²) in [6, 6.07) is 10.6. The van der Waals surface area contributed by atoms with E-state index >= 15 is 4.39 Å². The average molecular weight is 721 g/mol. The maximum absolute atomic E-state index is 15.0. The highest BCUT2D eigenvalue weighted by molar-refractivity contribution is 5.88. The number of aromatic nitrogens is 3. The van der Waals surface area contributed by atoms with E-state index in [0.717, 1.165) is 22.8 Å². The lowest BCUT2D eigenvalue weighted by molar-refractivity contribution is -0.129. The van der Waals surface area contributed by atoms with Crippen molar-refractivity contribution in [1.82, 2.24) is 29.7 Å². The summed E-state index contributed by atoms with van der Waals surface area (Å²) in [5.74, 6) is 2.93. The second kappa shape index (κ2) is 14.0. The van der Waals surface area contributed by atoms with Crippen LogP contribution in [0.2, 0.25) is 0 Å². The molecule has 0 saturated carbocycles. The third kappa shape index (κ3) is 6.36. The van der Waals surface area contributed by atoms with Crippen LogP contribution in [0.4, 0.5) is 14.6 Å². The maximum Gasteiger partial charge on any atom is 0.318 e. The van der Waals surface area contributed by atoms with Crippen molar-refractivity contribution in [3.05, 3.63) is 83.1 Å². The van der Waals surface area contributed by atoms with Crippen LogP contribution < -0.4 is 14.4 Å². The van der Waals surface area contributed by atoms with Crippen LogP contribution >= 0.6 is 0 Å². The number of ether oxygens (including phenoxy) is 2. The third-order valence-electron chi connectivity index (χ3n) is 11.7. The van der Waals surface area contributed by atoms with Crippen LogP contribution in [0.5, 0.6) is 11.8 Å². The van der Waals surface area contributed by atoms with Gasteiger partial charge in [-0.05, 0) is 50.1 Å². The van der Waals surface area contributed by atoms with Crippen LogP contribution in [0, 0.1) is 35.4 Å². The summed E-state index contributed by atoms with van der Waals surface area (Å²) in [5.41, 5.74) is 2.86. The van der Waals surface area contributed by atoms with Crippen LogP contribution in [0.15, 0.2) is 49.2 Å². The van der Waals surface area contributed by atoms with Gasteiger partial charge in [0, 0.05) is 75.5 Å². The number of rotatable bonds is 8. The Hall–Kier alpha value is -5.11. The molecule has 0 aliphatic carbocycles. The first kappa shape index (κ1) is 34.9. The number of nitriles is 1. The number of anilines is 1. The molecule has 8 rings (SSSR count). The molecule has 1 unspecified atom stereocenters. The quantitative estimate of drug-likeness (QED) is 0.246. The molecule has 0 spiro atoms. The van der Waals surface area contributed by atoms with Gasteiger partial charge in [-0.2, -0.15) is 15.2 Å². The number of hydrogen-bond acceptors (Lipinski definition) is 10. The number of piperazine rings is 1. The highest BCUT2D eigenvalue weighted by Crippen LogP contribution is 2.43. The van der Waals surface area contributed by atoms with Gasteiger partial charge in [0.25, 0.3) is 0 Å². The van der Waals surface area contributed by atoms with Gasteiger partial charge in [-0.1, -0.05) is 18.6 Å². The van der Waals surface area contributed by atoms with Gasteiger partial charge in [-0.15, -0.1) is 6.42 Å². The molecule has 0 N–H and O–H groups in total. The van der Waals surface area contributed by atoms with Crippen molar-refractivity contribution in [2.75, 3.05) is 44.3 Å². The number of terminal acetylenes is 1. The largest absolute Gasteiger partial charge is 0.493 e. The first-order valence-electron chi connectivity index (χ1n) is 18.3. The number of likely N-dealkylation sites (tertiary alicyclic amines) is 1. The van der Waals surface area contributed by atoms with Crippen molar-refractivity contribution in [3.63, 3.8) is 0 Å². The van der Waals surface area contributed by atoms with Crippen molar-refractivity contribution in [3.8, 4) is 30.2 Å². The Kier molecular flexibility index (Phi) is 9.25. The third-order valence-corrected chi connectivity index (χ3v) is 11.7. The Morgan fingerprint density at radius 3 is 2.89 bits per heavy atom. The maximum atomic E-state index is 15.0. The lowest BCUT2D eigenvalue weighted by atomic mass is 9.91. The lowest BCUT2D eigenvalue weighted by Gasteiger charge is -2.43. The zero-order valence-corrected chi connectivity index (χ0v) is 29.8. The van der Waals surface area contributed by atoms with Gasteiger partial charge in [0.15, 0.2) is 0 Å². The molecule has 3 saturated heterocycles. The van der Waals surface area contributed by atoms with Crippen LogP contribution in [-0.2, 0) is 24.3 Å². The zero-order chi connectivity index (χ0) is 36.9. The Morgan fingerprint density at radius 1 is 1.25 bits per heavy atom. The topological polar surface area (TPSA) is 111 Å². The highest BCUT2D eigenvalue weighted by atomic mass is 19.1. The molecular weight excluding hydrogens is 678 g/mol. The summed E-state index contributed by atoms with van der Waals surface area (Å²) < 4.78 is 42.4. The molecular formula is C40H42F2N8O3. The fraction of sp³-hybridized carbons (Fsp3) is 0.475. The Balaban J connectivity index is 1.12. The fourth-order valence-electron chi connectivity index (χ4n) is 9.13. The number of benzene rings is 1. The van der Waals surface area contributed by atoms with E-state index < -0.39 is 17.5 Å². The van der Waals surface area contributed by atoms with E-state index in [1.807, 2.05) is 25.1 Å². The molecule has 6 atom stereocenters. The van der Waals surface area contributed by atoms with Gasteiger partial charge in [0.1, 0.15) is 30.2 Å². The molecule has 13 heteroatoms. The first-order valence-corrected chi connectivity index (χ1v) is 18.3. The molecule has 7 heterocycles. The molecule has 1 amide bonds. The number of pyridine rings is 1. The summed E-state index contributed by atoms with van der Waals surface area (Å²) in [5, 5.41) is 10.0. The molecule has 2 aromatic heterocycles. The van der Waals surface area contributed by atoms with E-state index in [1.165, 1.54) is 12.1 Å². The predicted molar refractivity (Wildman–Crippen MR) is 192 cm³/mol. The van der Waals surface area contributed by atoms with Gasteiger partial charge < -0.3 is 19.3 Å². The molecule has 274 valence electrons. The lowest BCUT2D eigenvalue weighted by Crippen LogP contribution is -2.57. The number of carbonyl (C=O) groups is 1. The van der Waals surface area contributed by atoms with Crippen LogP contribution in [0.3, 0.4) is 0 Å². The number of alkyl halides is 1. The number of nitrogens with zero attached hydrogens (tertiary/aromatic N) is 8. The monoisotopic (exact) mass is 720 g/mol. The van der Waals surface area contributed by atoms with Crippen LogP contribution in [-0.4, -0.2) is 98.7 Å². The minimum absolute atomic E-state index is 0.156. The molecule has 53 heavy (non-hydrogen) atoms. The van der Waals surface area contributed by atoms with Gasteiger partial charge in [-0.3, -0.25) is 19.6 Å². The second-order valence-corrected chi connectivity index (χ2v) is 14.9. The van der Waals surface area contributed by atoms with Crippen LogP contribution in [0.25, 0.3) is 0 Å². The van der Waals surface area contributed by atoms with Crippen molar-refractivity contribution in [2.24, 2.45) is 5.92 Å². The highest BCUT2D eigenvalue weighted by Gasteiger charge is 2.49. The minimum atomic E-state index is -1.01. The van der Waals surface area contributed by atoms with Crippen molar-refractivity contribution >= 4 is 11.7 Å². The summed E-state index contributed by atoms with van der Waals surface area (Å²) in [6.07, 6.45) is 9.97. The average Bonchev–Trinajstić information content (AvgIpc) is 3.59. The minimum Gasteiger partial charge on any atom is -0.493 e. The molecule has 0 radical (unpaired) electrons. The number of amides is 1. The number of hydrogen-bond donors (Lipinski definition) is 0. The predicted octanol–water partition coefficient (Wildman–Crippen LogP) is 4.37. The molecule has 1 aromatic carbocycles. The standard InChI is InChI=1S/C40H42F2N8O3/c1-4-29-31(42)9-10-35-37(29)33(12-15-52-35)47-14-11-30-32(22-47)45-39(53-24-40(3)17-26(41)19-49(40)20-27-8-6-7-13-44-27)46-38(30)48-21-28-16-25(18-43)34(23-48)50(28)36(51)5-2/h1,5-10,13,25-26,28,33-34H,2,11-12,14-17,19-24H2,3H3/t25?,26-,28-,33+,34-,40+/m1/s1. The van der Waals surface area contributed by atoms with E-state index in [-0.39, 0.29) is 54.7 Å². The Bertz CT molecular complexity index is 2000. The Morgan fingerprint density at radius 2 is 2.11 bits per heavy atom. The summed E-state index contributed by atoms with van der Waals surface area (Å²) in [7, 11) is 0. The van der Waals surface area contributed by atoms with Gasteiger partial charge in [0.05, 0.1) is 53.2 Å².